The summed E-state index contributed by atoms with van der Waals surface area (Å²) in [7, 11) is 0. The topological polar surface area (TPSA) is 59.1 Å². The van der Waals surface area contributed by atoms with Gasteiger partial charge >= 0.3 is 0 Å². The molecular weight excluding hydrogens is 248 g/mol. The maximum Gasteiger partial charge on any atom is 0.105 e. The molecular formula is C16H20N4. The second-order valence-corrected chi connectivity index (χ2v) is 4.48. The van der Waals surface area contributed by atoms with E-state index in [-0.39, 0.29) is 0 Å². The lowest BCUT2D eigenvalue weighted by Gasteiger charge is -2.14. The molecule has 1 aromatic carbocycles. The molecule has 0 aliphatic rings. The molecule has 0 aliphatic heterocycles. The van der Waals surface area contributed by atoms with E-state index in [9.17, 15) is 0 Å². The Morgan fingerprint density at radius 1 is 1.40 bits per heavy atom. The Hall–Kier alpha value is -2.49. The van der Waals surface area contributed by atoms with Crippen molar-refractivity contribution < 1.29 is 0 Å². The highest BCUT2D eigenvalue weighted by Crippen LogP contribution is 2.00. The van der Waals surface area contributed by atoms with Crippen LogP contribution in [0.3, 0.4) is 0 Å². The van der Waals surface area contributed by atoms with Crippen LogP contribution in [0, 0.1) is 0 Å². The van der Waals surface area contributed by atoms with E-state index in [2.05, 4.69) is 35.7 Å². The molecule has 3 N–H and O–H groups in total. The van der Waals surface area contributed by atoms with Crippen LogP contribution in [-0.4, -0.2) is 16.1 Å². The van der Waals surface area contributed by atoms with Crippen molar-refractivity contribution in [2.75, 3.05) is 0 Å². The van der Waals surface area contributed by atoms with Crippen LogP contribution in [0.15, 0.2) is 47.5 Å². The van der Waals surface area contributed by atoms with Gasteiger partial charge in [0, 0.05) is 0 Å². The van der Waals surface area contributed by atoms with E-state index in [1.807, 2.05) is 35.0 Å². The molecule has 0 saturated carbocycles. The van der Waals surface area contributed by atoms with Gasteiger partial charge in [-0.15, -0.1) is 0 Å². The molecule has 0 saturated heterocycles. The fourth-order valence-electron chi connectivity index (χ4n) is 1.96. The van der Waals surface area contributed by atoms with Gasteiger partial charge in [-0.25, -0.2) is 4.99 Å². The van der Waals surface area contributed by atoms with Crippen molar-refractivity contribution in [3.63, 3.8) is 0 Å². The summed E-state index contributed by atoms with van der Waals surface area (Å²) < 4.78 is 2.00. The summed E-state index contributed by atoms with van der Waals surface area (Å²) in [5, 5.41) is 5.11. The number of aromatic nitrogens is 2. The molecule has 20 heavy (non-hydrogen) atoms. The first-order valence-corrected chi connectivity index (χ1v) is 6.68. The average molecular weight is 268 g/mol. The summed E-state index contributed by atoms with van der Waals surface area (Å²) in [6.45, 7) is 6.94. The van der Waals surface area contributed by atoms with E-state index in [0.717, 1.165) is 29.4 Å². The molecule has 0 unspecified atom stereocenters. The van der Waals surface area contributed by atoms with E-state index in [1.54, 1.807) is 0 Å². The number of benzene rings is 1. The van der Waals surface area contributed by atoms with E-state index in [4.69, 9.17) is 5.73 Å². The Kier molecular flexibility index (Phi) is 4.60. The highest BCUT2D eigenvalue weighted by Gasteiger charge is 2.03. The predicted octanol–water partition coefficient (Wildman–Crippen LogP) is 1.34. The molecule has 0 aliphatic carbocycles. The van der Waals surface area contributed by atoms with Gasteiger partial charge in [0.05, 0.1) is 23.9 Å². The molecule has 0 fully saturated rings. The third-order valence-electron chi connectivity index (χ3n) is 3.03. The zero-order valence-electron chi connectivity index (χ0n) is 11.7. The number of aromatic amines is 1. The first kappa shape index (κ1) is 13.9. The van der Waals surface area contributed by atoms with Gasteiger partial charge < -0.3 is 5.73 Å². The van der Waals surface area contributed by atoms with E-state index in [0.29, 0.717) is 0 Å². The quantitative estimate of drug-likeness (QED) is 0.624. The van der Waals surface area contributed by atoms with Crippen LogP contribution < -0.4 is 16.4 Å². The number of nitrogens with zero attached hydrogens (tertiary/aromatic N) is 2. The summed E-state index contributed by atoms with van der Waals surface area (Å²) in [6.07, 6.45) is 6.26. The van der Waals surface area contributed by atoms with Crippen LogP contribution in [0.5, 0.6) is 0 Å². The number of nitrogens with two attached hydrogens (primary N) is 1. The zero-order valence-corrected chi connectivity index (χ0v) is 11.7. The number of H-pyrrole nitrogens is 1. The molecule has 0 amide bonds. The fourth-order valence-corrected chi connectivity index (χ4v) is 1.96. The van der Waals surface area contributed by atoms with Crippen molar-refractivity contribution in [3.8, 4) is 0 Å². The highest BCUT2D eigenvalue weighted by molar-refractivity contribution is 5.66. The van der Waals surface area contributed by atoms with E-state index in [1.165, 1.54) is 11.9 Å². The summed E-state index contributed by atoms with van der Waals surface area (Å²) in [5.41, 5.74) is 7.43. The first-order valence-electron chi connectivity index (χ1n) is 6.68. The third kappa shape index (κ3) is 3.09. The number of hydrogen-bond donors (Lipinski definition) is 2. The number of rotatable bonds is 5. The third-order valence-corrected chi connectivity index (χ3v) is 3.03. The predicted molar refractivity (Wildman–Crippen MR) is 84.6 cm³/mol. The minimum atomic E-state index is 0.778. The second kappa shape index (κ2) is 6.61. The fraction of sp³-hybridized carbons (Fsp3) is 0.188. The number of nitrogens with one attached hydrogen (secondary N) is 1. The van der Waals surface area contributed by atoms with Gasteiger partial charge in [-0.05, 0) is 18.1 Å². The van der Waals surface area contributed by atoms with Crippen molar-refractivity contribution in [3.05, 3.63) is 58.7 Å². The van der Waals surface area contributed by atoms with Crippen LogP contribution in [-0.2, 0) is 6.54 Å². The maximum absolute atomic E-state index is 5.39. The highest BCUT2D eigenvalue weighted by atomic mass is 15.3. The molecule has 1 heterocycles. The van der Waals surface area contributed by atoms with Gasteiger partial charge in [-0.3, -0.25) is 9.78 Å². The molecule has 2 aromatic rings. The van der Waals surface area contributed by atoms with Gasteiger partial charge in [-0.1, -0.05) is 49.9 Å². The standard InChI is InChI=1S/C16H20N4/c1-3-4-10-15(18-12-17)16-13(2)20(19-16)11-14-8-6-5-7-9-14/h4-10,12,19H,2-3,11H2,1H3,(H2,17,18)/b10-4-,16-15+. The van der Waals surface area contributed by atoms with Gasteiger partial charge in [0.15, 0.2) is 0 Å². The van der Waals surface area contributed by atoms with Crippen LogP contribution in [0.1, 0.15) is 18.9 Å². The summed E-state index contributed by atoms with van der Waals surface area (Å²) in [4.78, 5) is 4.17. The maximum atomic E-state index is 5.39. The Bertz CT molecular complexity index is 701. The summed E-state index contributed by atoms with van der Waals surface area (Å²) in [6, 6.07) is 10.3. The first-order chi connectivity index (χ1) is 9.76. The SMILES string of the molecule is C=c1/c(=C(/C=C\CC)N=CN)[nH]n1Cc1ccccc1. The van der Waals surface area contributed by atoms with Crippen molar-refractivity contribution in [2.24, 2.45) is 10.7 Å². The van der Waals surface area contributed by atoms with E-state index >= 15 is 0 Å². The number of aliphatic imine (C=N–C) groups is 1. The summed E-state index contributed by atoms with van der Waals surface area (Å²) >= 11 is 0. The Morgan fingerprint density at radius 3 is 2.75 bits per heavy atom. The lowest BCUT2D eigenvalue weighted by Crippen LogP contribution is -2.48. The normalized spacial score (nSPS) is 13.4. The van der Waals surface area contributed by atoms with E-state index < -0.39 is 0 Å². The monoisotopic (exact) mass is 268 g/mol. The molecule has 0 radical (unpaired) electrons. The molecule has 104 valence electrons. The molecule has 0 spiro atoms. The van der Waals surface area contributed by atoms with Crippen LogP contribution in [0.25, 0.3) is 12.3 Å². The minimum absolute atomic E-state index is 0.778. The van der Waals surface area contributed by atoms with Gasteiger partial charge in [0.2, 0.25) is 0 Å². The van der Waals surface area contributed by atoms with Crippen molar-refractivity contribution in [1.29, 1.82) is 0 Å². The van der Waals surface area contributed by atoms with Gasteiger partial charge in [0.25, 0.3) is 0 Å². The molecule has 0 bridgehead atoms. The largest absolute Gasteiger partial charge is 0.390 e. The minimum Gasteiger partial charge on any atom is -0.390 e. The Morgan fingerprint density at radius 2 is 2.15 bits per heavy atom. The molecule has 0 atom stereocenters. The van der Waals surface area contributed by atoms with Crippen molar-refractivity contribution >= 4 is 18.6 Å². The lowest BCUT2D eigenvalue weighted by molar-refractivity contribution is 0.575. The van der Waals surface area contributed by atoms with Crippen molar-refractivity contribution in [1.82, 2.24) is 9.78 Å². The van der Waals surface area contributed by atoms with Gasteiger partial charge in [-0.2, -0.15) is 0 Å². The smallest absolute Gasteiger partial charge is 0.105 e. The van der Waals surface area contributed by atoms with Crippen molar-refractivity contribution in [2.45, 2.75) is 19.9 Å². The van der Waals surface area contributed by atoms with Crippen LogP contribution >= 0.6 is 0 Å². The number of allylic oxidation sites excluding steroid dienone is 1. The number of hydrogen-bond acceptors (Lipinski definition) is 1. The zero-order chi connectivity index (χ0) is 14.4. The lowest BCUT2D eigenvalue weighted by atomic mass is 10.2. The van der Waals surface area contributed by atoms with Crippen LogP contribution in [0.4, 0.5) is 0 Å². The molecule has 4 heteroatoms. The summed E-state index contributed by atoms with van der Waals surface area (Å²) in [5.74, 6) is 0. The molecule has 4 nitrogen and oxygen atoms in total. The van der Waals surface area contributed by atoms with Gasteiger partial charge in [0.1, 0.15) is 5.35 Å². The Balaban J connectivity index is 2.30. The van der Waals surface area contributed by atoms with Crippen LogP contribution in [0.2, 0.25) is 0 Å². The molecule has 2 rings (SSSR count). The average Bonchev–Trinajstić information content (AvgIpc) is 2.48. The molecule has 1 aromatic heterocycles. The second-order valence-electron chi connectivity index (χ2n) is 4.48. The Labute approximate surface area is 118 Å².